The highest BCUT2D eigenvalue weighted by atomic mass is 32.1. The minimum absolute atomic E-state index is 0.382. The zero-order valence-corrected chi connectivity index (χ0v) is 8.66. The molecular weight excluding hydrogens is 152 g/mol. The lowest BCUT2D eigenvalue weighted by atomic mass is 9.79. The van der Waals surface area contributed by atoms with Gasteiger partial charge in [0.15, 0.2) is 0 Å². The van der Waals surface area contributed by atoms with Crippen LogP contribution in [0.4, 0.5) is 0 Å². The van der Waals surface area contributed by atoms with Crippen molar-refractivity contribution in [2.45, 2.75) is 57.1 Å². The summed E-state index contributed by atoms with van der Waals surface area (Å²) in [7, 11) is 0. The molecule has 1 heteroatoms. The maximum atomic E-state index is 4.82. The molecule has 0 aromatic carbocycles. The summed E-state index contributed by atoms with van der Waals surface area (Å²) < 4.78 is 0.382. The molecule has 0 radical (unpaired) electrons. The van der Waals surface area contributed by atoms with Gasteiger partial charge in [0, 0.05) is 4.75 Å². The van der Waals surface area contributed by atoms with Crippen LogP contribution in [0.5, 0.6) is 0 Å². The highest BCUT2D eigenvalue weighted by Crippen LogP contribution is 2.40. The van der Waals surface area contributed by atoms with Crippen molar-refractivity contribution in [2.75, 3.05) is 0 Å². The quantitative estimate of drug-likeness (QED) is 0.604. The first kappa shape index (κ1) is 9.44. The second-order valence-electron chi connectivity index (χ2n) is 3.97. The monoisotopic (exact) mass is 172 g/mol. The highest BCUT2D eigenvalue weighted by molar-refractivity contribution is 7.81. The van der Waals surface area contributed by atoms with E-state index >= 15 is 0 Å². The van der Waals surface area contributed by atoms with Gasteiger partial charge in [-0.25, -0.2) is 0 Å². The number of hydrogen-bond donors (Lipinski definition) is 1. The van der Waals surface area contributed by atoms with Gasteiger partial charge in [-0.1, -0.05) is 39.5 Å². The van der Waals surface area contributed by atoms with Crippen molar-refractivity contribution in [1.82, 2.24) is 0 Å². The molecule has 0 N–H and O–H groups in total. The SMILES string of the molecule is CCC(C)C1(S)CCCCC1. The van der Waals surface area contributed by atoms with Crippen LogP contribution in [0, 0.1) is 5.92 Å². The Labute approximate surface area is 76.2 Å². The van der Waals surface area contributed by atoms with Crippen molar-refractivity contribution in [3.8, 4) is 0 Å². The van der Waals surface area contributed by atoms with E-state index in [1.165, 1.54) is 38.5 Å². The molecule has 0 heterocycles. The lowest BCUT2D eigenvalue weighted by Gasteiger charge is -2.37. The van der Waals surface area contributed by atoms with Crippen LogP contribution in [0.2, 0.25) is 0 Å². The fourth-order valence-corrected chi connectivity index (χ4v) is 2.54. The van der Waals surface area contributed by atoms with Gasteiger partial charge in [0.2, 0.25) is 0 Å². The van der Waals surface area contributed by atoms with Crippen molar-refractivity contribution < 1.29 is 0 Å². The first-order chi connectivity index (χ1) is 5.19. The summed E-state index contributed by atoms with van der Waals surface area (Å²) in [6.45, 7) is 4.62. The Morgan fingerprint density at radius 2 is 1.82 bits per heavy atom. The molecule has 0 spiro atoms. The lowest BCUT2D eigenvalue weighted by Crippen LogP contribution is -2.32. The molecule has 0 nitrogen and oxygen atoms in total. The highest BCUT2D eigenvalue weighted by Gasteiger charge is 2.32. The van der Waals surface area contributed by atoms with Crippen LogP contribution in [0.1, 0.15) is 52.4 Å². The first-order valence-corrected chi connectivity index (χ1v) is 5.36. The van der Waals surface area contributed by atoms with E-state index in [4.69, 9.17) is 12.6 Å². The average Bonchev–Trinajstić information content (AvgIpc) is 2.04. The molecule has 1 saturated carbocycles. The Bertz CT molecular complexity index is 114. The second-order valence-corrected chi connectivity index (χ2v) is 4.86. The van der Waals surface area contributed by atoms with E-state index in [0.29, 0.717) is 4.75 Å². The predicted octanol–water partition coefficient (Wildman–Crippen LogP) is 3.67. The molecule has 1 atom stereocenters. The molecule has 66 valence electrons. The molecule has 0 bridgehead atoms. The Kier molecular flexibility index (Phi) is 3.29. The topological polar surface area (TPSA) is 0 Å². The minimum Gasteiger partial charge on any atom is -0.172 e. The molecule has 11 heavy (non-hydrogen) atoms. The first-order valence-electron chi connectivity index (χ1n) is 4.91. The summed E-state index contributed by atoms with van der Waals surface area (Å²) >= 11 is 4.82. The molecule has 1 rings (SSSR count). The van der Waals surface area contributed by atoms with Crippen LogP contribution in [-0.4, -0.2) is 4.75 Å². The maximum Gasteiger partial charge on any atom is 0.0155 e. The standard InChI is InChI=1S/C10H20S/c1-3-9(2)10(11)7-5-4-6-8-10/h9,11H,3-8H2,1-2H3. The summed E-state index contributed by atoms with van der Waals surface area (Å²) in [6, 6.07) is 0. The van der Waals surface area contributed by atoms with Crippen molar-refractivity contribution >= 4 is 12.6 Å². The third-order valence-electron chi connectivity index (χ3n) is 3.25. The lowest BCUT2D eigenvalue weighted by molar-refractivity contribution is 0.300. The molecule has 1 fully saturated rings. The van der Waals surface area contributed by atoms with Gasteiger partial charge in [-0.05, 0) is 18.8 Å². The molecule has 1 aliphatic rings. The molecule has 0 saturated heterocycles. The van der Waals surface area contributed by atoms with Gasteiger partial charge in [-0.2, -0.15) is 12.6 Å². The van der Waals surface area contributed by atoms with E-state index in [9.17, 15) is 0 Å². The Morgan fingerprint density at radius 3 is 2.27 bits per heavy atom. The fraction of sp³-hybridized carbons (Fsp3) is 1.00. The van der Waals surface area contributed by atoms with Gasteiger partial charge in [0.05, 0.1) is 0 Å². The summed E-state index contributed by atoms with van der Waals surface area (Å²) in [5.74, 6) is 0.797. The predicted molar refractivity (Wildman–Crippen MR) is 54.3 cm³/mol. The summed E-state index contributed by atoms with van der Waals surface area (Å²) in [5, 5.41) is 0. The normalized spacial score (nSPS) is 26.5. The second kappa shape index (κ2) is 3.84. The van der Waals surface area contributed by atoms with Crippen LogP contribution in [-0.2, 0) is 0 Å². The molecule has 1 aliphatic carbocycles. The average molecular weight is 172 g/mol. The van der Waals surface area contributed by atoms with Gasteiger partial charge in [0.25, 0.3) is 0 Å². The molecule has 1 unspecified atom stereocenters. The van der Waals surface area contributed by atoms with E-state index in [1.54, 1.807) is 0 Å². The van der Waals surface area contributed by atoms with E-state index < -0.39 is 0 Å². The van der Waals surface area contributed by atoms with Crippen LogP contribution in [0.25, 0.3) is 0 Å². The van der Waals surface area contributed by atoms with Gasteiger partial charge in [0.1, 0.15) is 0 Å². The Balaban J connectivity index is 2.49. The van der Waals surface area contributed by atoms with Crippen molar-refractivity contribution in [3.63, 3.8) is 0 Å². The largest absolute Gasteiger partial charge is 0.172 e. The third-order valence-corrected chi connectivity index (χ3v) is 4.14. The summed E-state index contributed by atoms with van der Waals surface area (Å²) in [4.78, 5) is 0. The number of hydrogen-bond acceptors (Lipinski definition) is 1. The third kappa shape index (κ3) is 2.14. The zero-order chi connectivity index (χ0) is 8.32. The van der Waals surface area contributed by atoms with Crippen LogP contribution in [0.3, 0.4) is 0 Å². The molecular formula is C10H20S. The fourth-order valence-electron chi connectivity index (χ4n) is 2.04. The Morgan fingerprint density at radius 1 is 1.27 bits per heavy atom. The zero-order valence-electron chi connectivity index (χ0n) is 7.77. The summed E-state index contributed by atoms with van der Waals surface area (Å²) in [5.41, 5.74) is 0. The summed E-state index contributed by atoms with van der Waals surface area (Å²) in [6.07, 6.45) is 8.18. The van der Waals surface area contributed by atoms with Crippen molar-refractivity contribution in [3.05, 3.63) is 0 Å². The molecule has 0 aliphatic heterocycles. The molecule has 0 amide bonds. The smallest absolute Gasteiger partial charge is 0.0155 e. The van der Waals surface area contributed by atoms with Crippen LogP contribution < -0.4 is 0 Å². The van der Waals surface area contributed by atoms with Crippen molar-refractivity contribution in [1.29, 1.82) is 0 Å². The van der Waals surface area contributed by atoms with Gasteiger partial charge in [-0.15, -0.1) is 0 Å². The number of rotatable bonds is 2. The van der Waals surface area contributed by atoms with E-state index in [0.717, 1.165) is 5.92 Å². The van der Waals surface area contributed by atoms with E-state index in [2.05, 4.69) is 13.8 Å². The Hall–Kier alpha value is 0.350. The number of thiol groups is 1. The minimum atomic E-state index is 0.382. The maximum absolute atomic E-state index is 4.82. The molecule has 0 aromatic heterocycles. The van der Waals surface area contributed by atoms with Crippen molar-refractivity contribution in [2.24, 2.45) is 5.92 Å². The van der Waals surface area contributed by atoms with Gasteiger partial charge < -0.3 is 0 Å². The van der Waals surface area contributed by atoms with Gasteiger partial charge >= 0.3 is 0 Å². The van der Waals surface area contributed by atoms with E-state index in [1.807, 2.05) is 0 Å². The van der Waals surface area contributed by atoms with E-state index in [-0.39, 0.29) is 0 Å². The van der Waals surface area contributed by atoms with Crippen LogP contribution >= 0.6 is 12.6 Å². The molecule has 0 aromatic rings. The van der Waals surface area contributed by atoms with Crippen LogP contribution in [0.15, 0.2) is 0 Å². The van der Waals surface area contributed by atoms with Gasteiger partial charge in [-0.3, -0.25) is 0 Å².